The fourth-order valence-electron chi connectivity index (χ4n) is 4.24. The molecule has 4 atom stereocenters. The normalized spacial score (nSPS) is 50.2. The van der Waals surface area contributed by atoms with Crippen molar-refractivity contribution in [2.75, 3.05) is 0 Å². The van der Waals surface area contributed by atoms with Gasteiger partial charge in [-0.15, -0.1) is 0 Å². The number of ether oxygens (including phenoxy) is 1. The fraction of sp³-hybridized carbons (Fsp3) is 0.929. The smallest absolute Gasteiger partial charge is 0.138 e. The van der Waals surface area contributed by atoms with Gasteiger partial charge in [-0.2, -0.15) is 0 Å². The minimum absolute atomic E-state index is 0.0606. The van der Waals surface area contributed by atoms with Crippen molar-refractivity contribution in [2.45, 2.75) is 64.6 Å². The largest absolute Gasteiger partial charge is 0.370 e. The fourth-order valence-corrected chi connectivity index (χ4v) is 4.24. The average molecular weight is 222 g/mol. The molecule has 2 heterocycles. The molecular formula is C14H22O2. The standard InChI is InChI=1S/C14H22O2/c1-9-4-5-14-7-10(15)6-12(16-14)13(2,3)8-11(9)14/h9,11-12H,4-8H2,1-3H3/t9-,11+,12-,14+/m1/s1. The number of carbonyl (C=O) groups excluding carboxylic acids is 1. The summed E-state index contributed by atoms with van der Waals surface area (Å²) in [5.41, 5.74) is 0.123. The van der Waals surface area contributed by atoms with Crippen molar-refractivity contribution in [1.29, 1.82) is 0 Å². The number of Topliss-reactive ketones (excluding diaryl/α,β-unsaturated/α-hetero) is 1. The maximum Gasteiger partial charge on any atom is 0.138 e. The topological polar surface area (TPSA) is 26.3 Å². The van der Waals surface area contributed by atoms with Crippen LogP contribution in [0.5, 0.6) is 0 Å². The Morgan fingerprint density at radius 1 is 1.38 bits per heavy atom. The summed E-state index contributed by atoms with van der Waals surface area (Å²) in [7, 11) is 0. The number of fused-ring (bicyclic) bond motifs is 1. The van der Waals surface area contributed by atoms with Crippen LogP contribution < -0.4 is 0 Å². The van der Waals surface area contributed by atoms with Crippen molar-refractivity contribution in [3.63, 3.8) is 0 Å². The van der Waals surface area contributed by atoms with Crippen LogP contribution in [-0.2, 0) is 9.53 Å². The number of hydrogen-bond donors (Lipinski definition) is 0. The van der Waals surface area contributed by atoms with E-state index in [2.05, 4.69) is 20.8 Å². The summed E-state index contributed by atoms with van der Waals surface area (Å²) >= 11 is 0. The predicted molar refractivity (Wildman–Crippen MR) is 62.1 cm³/mol. The molecule has 2 heteroatoms. The Hall–Kier alpha value is -0.370. The summed E-state index contributed by atoms with van der Waals surface area (Å²) in [6, 6.07) is 0. The van der Waals surface area contributed by atoms with Gasteiger partial charge in [0.15, 0.2) is 0 Å². The minimum atomic E-state index is -0.0606. The van der Waals surface area contributed by atoms with E-state index in [9.17, 15) is 4.79 Å². The highest BCUT2D eigenvalue weighted by Crippen LogP contribution is 2.58. The van der Waals surface area contributed by atoms with E-state index >= 15 is 0 Å². The molecule has 0 unspecified atom stereocenters. The van der Waals surface area contributed by atoms with Gasteiger partial charge < -0.3 is 4.74 Å². The average Bonchev–Trinajstić information content (AvgIpc) is 2.45. The second kappa shape index (κ2) is 3.10. The number of hydrogen-bond acceptors (Lipinski definition) is 2. The molecule has 1 spiro atoms. The van der Waals surface area contributed by atoms with E-state index in [4.69, 9.17) is 4.74 Å². The molecule has 3 rings (SSSR count). The first-order chi connectivity index (χ1) is 7.43. The summed E-state index contributed by atoms with van der Waals surface area (Å²) in [5, 5.41) is 0. The van der Waals surface area contributed by atoms with Crippen molar-refractivity contribution in [2.24, 2.45) is 17.3 Å². The highest BCUT2D eigenvalue weighted by atomic mass is 16.5. The Labute approximate surface area is 97.7 Å². The third-order valence-corrected chi connectivity index (χ3v) is 5.29. The van der Waals surface area contributed by atoms with Gasteiger partial charge in [0.25, 0.3) is 0 Å². The second-order valence-corrected chi connectivity index (χ2v) is 6.91. The second-order valence-electron chi connectivity index (χ2n) is 6.91. The van der Waals surface area contributed by atoms with Gasteiger partial charge in [-0.25, -0.2) is 0 Å². The Kier molecular flexibility index (Phi) is 2.08. The molecule has 3 fully saturated rings. The molecule has 2 nitrogen and oxygen atoms in total. The first kappa shape index (κ1) is 10.8. The van der Waals surface area contributed by atoms with Crippen LogP contribution in [-0.4, -0.2) is 17.5 Å². The molecule has 0 amide bonds. The summed E-state index contributed by atoms with van der Waals surface area (Å²) in [4.78, 5) is 11.9. The summed E-state index contributed by atoms with van der Waals surface area (Å²) in [6.45, 7) is 6.87. The van der Waals surface area contributed by atoms with Gasteiger partial charge in [0.05, 0.1) is 11.7 Å². The van der Waals surface area contributed by atoms with E-state index in [-0.39, 0.29) is 17.1 Å². The van der Waals surface area contributed by atoms with E-state index in [1.807, 2.05) is 0 Å². The molecule has 1 saturated carbocycles. The lowest BCUT2D eigenvalue weighted by molar-refractivity contribution is -0.224. The molecule has 2 aliphatic heterocycles. The highest BCUT2D eigenvalue weighted by Gasteiger charge is 2.59. The first-order valence-corrected chi connectivity index (χ1v) is 6.62. The Morgan fingerprint density at radius 3 is 2.88 bits per heavy atom. The zero-order valence-corrected chi connectivity index (χ0v) is 10.6. The van der Waals surface area contributed by atoms with Crippen LogP contribution >= 0.6 is 0 Å². The zero-order valence-electron chi connectivity index (χ0n) is 10.6. The van der Waals surface area contributed by atoms with Gasteiger partial charge >= 0.3 is 0 Å². The molecule has 2 saturated heterocycles. The number of ketones is 1. The van der Waals surface area contributed by atoms with Crippen LogP contribution in [0.4, 0.5) is 0 Å². The van der Waals surface area contributed by atoms with Gasteiger partial charge in [-0.1, -0.05) is 20.8 Å². The number of carbonyl (C=O) groups is 1. The molecular weight excluding hydrogens is 200 g/mol. The molecule has 0 aromatic carbocycles. The summed E-state index contributed by atoms with van der Waals surface area (Å²) in [5.74, 6) is 1.78. The van der Waals surface area contributed by atoms with Gasteiger partial charge in [0.1, 0.15) is 5.78 Å². The van der Waals surface area contributed by atoms with Crippen LogP contribution in [0.25, 0.3) is 0 Å². The van der Waals surface area contributed by atoms with Crippen LogP contribution in [0.3, 0.4) is 0 Å². The highest BCUT2D eigenvalue weighted by molar-refractivity contribution is 5.81. The third kappa shape index (κ3) is 1.32. The van der Waals surface area contributed by atoms with Crippen LogP contribution in [0.2, 0.25) is 0 Å². The SMILES string of the molecule is C[C@@H]1CC[C@@]23CC(=O)C[C@@H](O2)C(C)(C)C[C@@H]13. The van der Waals surface area contributed by atoms with Gasteiger partial charge in [-0.3, -0.25) is 4.79 Å². The van der Waals surface area contributed by atoms with Crippen LogP contribution in [0.1, 0.15) is 52.9 Å². The van der Waals surface area contributed by atoms with E-state index in [1.54, 1.807) is 0 Å². The van der Waals surface area contributed by atoms with E-state index < -0.39 is 0 Å². The molecule has 0 aromatic heterocycles. The Balaban J connectivity index is 1.99. The van der Waals surface area contributed by atoms with Gasteiger partial charge in [0, 0.05) is 12.8 Å². The quantitative estimate of drug-likeness (QED) is 0.630. The predicted octanol–water partition coefficient (Wildman–Crippen LogP) is 2.95. The zero-order chi connectivity index (χ0) is 11.6. The van der Waals surface area contributed by atoms with Crippen molar-refractivity contribution in [1.82, 2.24) is 0 Å². The summed E-state index contributed by atoms with van der Waals surface area (Å²) < 4.78 is 6.37. The number of rotatable bonds is 0. The van der Waals surface area contributed by atoms with Crippen molar-refractivity contribution in [3.05, 3.63) is 0 Å². The lowest BCUT2D eigenvalue weighted by Gasteiger charge is -2.54. The lowest BCUT2D eigenvalue weighted by Crippen LogP contribution is -2.57. The molecule has 90 valence electrons. The Morgan fingerprint density at radius 2 is 2.12 bits per heavy atom. The van der Waals surface area contributed by atoms with E-state index in [0.717, 1.165) is 12.3 Å². The first-order valence-electron chi connectivity index (χ1n) is 6.62. The van der Waals surface area contributed by atoms with Crippen LogP contribution in [0.15, 0.2) is 0 Å². The molecule has 2 bridgehead atoms. The maximum atomic E-state index is 11.9. The van der Waals surface area contributed by atoms with Gasteiger partial charge in [0.2, 0.25) is 0 Å². The maximum absolute atomic E-state index is 11.9. The monoisotopic (exact) mass is 222 g/mol. The van der Waals surface area contributed by atoms with E-state index in [0.29, 0.717) is 24.5 Å². The molecule has 0 N–H and O–H groups in total. The van der Waals surface area contributed by atoms with Crippen molar-refractivity contribution < 1.29 is 9.53 Å². The van der Waals surface area contributed by atoms with Gasteiger partial charge in [-0.05, 0) is 36.5 Å². The molecule has 16 heavy (non-hydrogen) atoms. The summed E-state index contributed by atoms with van der Waals surface area (Å²) in [6.07, 6.45) is 5.10. The third-order valence-electron chi connectivity index (χ3n) is 5.29. The molecule has 1 aliphatic carbocycles. The van der Waals surface area contributed by atoms with Crippen LogP contribution in [0, 0.1) is 17.3 Å². The Bertz CT molecular complexity index is 334. The minimum Gasteiger partial charge on any atom is -0.370 e. The molecule has 3 aliphatic rings. The van der Waals surface area contributed by atoms with E-state index in [1.165, 1.54) is 12.8 Å². The lowest BCUT2D eigenvalue weighted by atomic mass is 9.63. The van der Waals surface area contributed by atoms with Crippen molar-refractivity contribution in [3.8, 4) is 0 Å². The van der Waals surface area contributed by atoms with Crippen molar-refractivity contribution >= 4 is 5.78 Å². The molecule has 0 aromatic rings. The molecule has 0 radical (unpaired) electrons.